The molecule has 0 saturated carbocycles. The smallest absolute Gasteiger partial charge is 0.257 e. The lowest BCUT2D eigenvalue weighted by atomic mass is 10.1. The average Bonchev–Trinajstić information content (AvgIpc) is 3.16. The van der Waals surface area contributed by atoms with E-state index < -0.39 is 0 Å². The van der Waals surface area contributed by atoms with Gasteiger partial charge in [0, 0.05) is 17.4 Å². The maximum atomic E-state index is 12.7. The number of hydrogen-bond acceptors (Lipinski definition) is 6. The minimum atomic E-state index is -0.296. The molecule has 0 saturated heterocycles. The van der Waals surface area contributed by atoms with Crippen LogP contribution in [0.4, 0.5) is 11.4 Å². The van der Waals surface area contributed by atoms with Gasteiger partial charge in [-0.3, -0.25) is 14.0 Å². The van der Waals surface area contributed by atoms with Gasteiger partial charge >= 0.3 is 0 Å². The largest absolute Gasteiger partial charge is 0.325 e. The number of anilines is 2. The lowest BCUT2D eigenvalue weighted by Crippen LogP contribution is -2.19. The minimum Gasteiger partial charge on any atom is -0.325 e. The molecule has 4 rings (SSSR count). The number of aryl methyl sites for hydroxylation is 2. The van der Waals surface area contributed by atoms with Gasteiger partial charge < -0.3 is 10.6 Å². The van der Waals surface area contributed by atoms with E-state index in [4.69, 9.17) is 0 Å². The molecule has 0 aliphatic rings. The van der Waals surface area contributed by atoms with E-state index in [2.05, 4.69) is 25.8 Å². The van der Waals surface area contributed by atoms with Gasteiger partial charge in [0.25, 0.3) is 5.91 Å². The molecular formula is C22H20N6O2S. The molecule has 9 heteroatoms. The summed E-state index contributed by atoms with van der Waals surface area (Å²) >= 11 is 1.26. The molecule has 0 spiro atoms. The molecule has 0 aliphatic heterocycles. The van der Waals surface area contributed by atoms with Crippen LogP contribution in [0.1, 0.15) is 21.9 Å². The van der Waals surface area contributed by atoms with Crippen LogP contribution in [0.2, 0.25) is 0 Å². The second-order valence-corrected chi connectivity index (χ2v) is 7.77. The maximum Gasteiger partial charge on any atom is 0.257 e. The zero-order valence-corrected chi connectivity index (χ0v) is 17.8. The van der Waals surface area contributed by atoms with Crippen LogP contribution in [0.15, 0.2) is 65.8 Å². The van der Waals surface area contributed by atoms with Gasteiger partial charge in [0.15, 0.2) is 10.8 Å². The number of hydrogen-bond donors (Lipinski definition) is 2. The lowest BCUT2D eigenvalue weighted by molar-refractivity contribution is -0.113. The molecule has 2 aromatic carbocycles. The third-order valence-corrected chi connectivity index (χ3v) is 5.40. The van der Waals surface area contributed by atoms with Gasteiger partial charge in [-0.15, -0.1) is 10.2 Å². The molecule has 0 radical (unpaired) electrons. The number of carbonyl (C=O) groups is 2. The van der Waals surface area contributed by atoms with Crippen molar-refractivity contribution in [3.05, 3.63) is 77.7 Å². The Kier molecular flexibility index (Phi) is 5.94. The standard InChI is InChI=1S/C22H20N6O2S/c1-14-12-19-26-27-22(28(19)15(2)23-14)31-13-20(29)25-18-11-7-6-10-17(18)21(30)24-16-8-4-3-5-9-16/h3-12H,13H2,1-2H3,(H,24,30)(H,25,29). The van der Waals surface area contributed by atoms with E-state index in [1.165, 1.54) is 11.8 Å². The molecule has 31 heavy (non-hydrogen) atoms. The molecule has 0 unspecified atom stereocenters. The van der Waals surface area contributed by atoms with Crippen LogP contribution in [0.3, 0.4) is 0 Å². The van der Waals surface area contributed by atoms with E-state index in [0.717, 1.165) is 11.5 Å². The predicted octanol–water partition coefficient (Wildman–Crippen LogP) is 3.72. The second kappa shape index (κ2) is 8.97. The summed E-state index contributed by atoms with van der Waals surface area (Å²) in [4.78, 5) is 29.7. The topological polar surface area (TPSA) is 101 Å². The summed E-state index contributed by atoms with van der Waals surface area (Å²) in [5.41, 5.74) is 3.06. The molecule has 0 aliphatic carbocycles. The van der Waals surface area contributed by atoms with Crippen molar-refractivity contribution in [1.82, 2.24) is 19.6 Å². The van der Waals surface area contributed by atoms with Gasteiger partial charge in [-0.25, -0.2) is 4.98 Å². The molecule has 2 N–H and O–H groups in total. The van der Waals surface area contributed by atoms with Gasteiger partial charge in [-0.05, 0) is 38.1 Å². The number of carbonyl (C=O) groups excluding carboxylic acids is 2. The van der Waals surface area contributed by atoms with E-state index in [9.17, 15) is 9.59 Å². The van der Waals surface area contributed by atoms with E-state index in [1.54, 1.807) is 36.4 Å². The zero-order valence-electron chi connectivity index (χ0n) is 17.0. The molecule has 8 nitrogen and oxygen atoms in total. The number of amides is 2. The van der Waals surface area contributed by atoms with Crippen LogP contribution in [0.5, 0.6) is 0 Å². The first kappa shape index (κ1) is 20.5. The maximum absolute atomic E-state index is 12.7. The van der Waals surface area contributed by atoms with Gasteiger partial charge in [-0.2, -0.15) is 0 Å². The monoisotopic (exact) mass is 432 g/mol. The van der Waals surface area contributed by atoms with Crippen molar-refractivity contribution in [1.29, 1.82) is 0 Å². The van der Waals surface area contributed by atoms with Gasteiger partial charge in [0.05, 0.1) is 17.0 Å². The number of aromatic nitrogens is 4. The number of thioether (sulfide) groups is 1. The SMILES string of the molecule is Cc1cc2nnc(SCC(=O)Nc3ccccc3C(=O)Nc3ccccc3)n2c(C)n1. The summed E-state index contributed by atoms with van der Waals surface area (Å²) in [5.74, 6) is 0.323. The quantitative estimate of drug-likeness (QED) is 0.450. The normalized spacial score (nSPS) is 10.8. The highest BCUT2D eigenvalue weighted by Gasteiger charge is 2.15. The van der Waals surface area contributed by atoms with Crippen molar-refractivity contribution >= 4 is 40.6 Å². The van der Waals surface area contributed by atoms with Crippen LogP contribution >= 0.6 is 11.8 Å². The number of fused-ring (bicyclic) bond motifs is 1. The highest BCUT2D eigenvalue weighted by molar-refractivity contribution is 7.99. The minimum absolute atomic E-state index is 0.114. The Bertz CT molecular complexity index is 1260. The molecule has 0 fully saturated rings. The molecule has 0 atom stereocenters. The third-order valence-electron chi connectivity index (χ3n) is 4.47. The first-order valence-electron chi connectivity index (χ1n) is 9.59. The molecule has 2 aromatic heterocycles. The van der Waals surface area contributed by atoms with Gasteiger partial charge in [0.2, 0.25) is 5.91 Å². The highest BCUT2D eigenvalue weighted by Crippen LogP contribution is 2.21. The Labute approximate surface area is 183 Å². The van der Waals surface area contributed by atoms with Crippen LogP contribution in [0, 0.1) is 13.8 Å². The lowest BCUT2D eigenvalue weighted by Gasteiger charge is -2.11. The summed E-state index contributed by atoms with van der Waals surface area (Å²) < 4.78 is 1.81. The molecule has 4 aromatic rings. The van der Waals surface area contributed by atoms with Crippen LogP contribution < -0.4 is 10.6 Å². The van der Waals surface area contributed by atoms with Crippen LogP contribution in [-0.2, 0) is 4.79 Å². The molecule has 0 bridgehead atoms. The average molecular weight is 433 g/mol. The second-order valence-electron chi connectivity index (χ2n) is 6.82. The first-order valence-corrected chi connectivity index (χ1v) is 10.6. The van der Waals surface area contributed by atoms with E-state index in [0.29, 0.717) is 27.7 Å². The third kappa shape index (κ3) is 4.72. The summed E-state index contributed by atoms with van der Waals surface area (Å²) in [6.45, 7) is 3.77. The Morgan fingerprint density at radius 1 is 0.968 bits per heavy atom. The molecule has 156 valence electrons. The Balaban J connectivity index is 1.44. The number of rotatable bonds is 6. The fourth-order valence-corrected chi connectivity index (χ4v) is 3.91. The molecular weight excluding hydrogens is 412 g/mol. The highest BCUT2D eigenvalue weighted by atomic mass is 32.2. The van der Waals surface area contributed by atoms with Crippen molar-refractivity contribution in [3.63, 3.8) is 0 Å². The predicted molar refractivity (Wildman–Crippen MR) is 120 cm³/mol. The Hall–Kier alpha value is -3.72. The van der Waals surface area contributed by atoms with E-state index in [1.807, 2.05) is 42.5 Å². The summed E-state index contributed by atoms with van der Waals surface area (Å²) in [7, 11) is 0. The van der Waals surface area contributed by atoms with Crippen LogP contribution in [0.25, 0.3) is 5.65 Å². The van der Waals surface area contributed by atoms with Crippen LogP contribution in [-0.4, -0.2) is 37.1 Å². The number of benzene rings is 2. The van der Waals surface area contributed by atoms with Gasteiger partial charge in [-0.1, -0.05) is 42.1 Å². The first-order chi connectivity index (χ1) is 15.0. The van der Waals surface area contributed by atoms with Gasteiger partial charge in [0.1, 0.15) is 5.82 Å². The fraction of sp³-hybridized carbons (Fsp3) is 0.136. The molecule has 2 heterocycles. The summed E-state index contributed by atoms with van der Waals surface area (Å²) in [6.07, 6.45) is 0. The van der Waals surface area contributed by atoms with Crippen molar-refractivity contribution in [2.45, 2.75) is 19.0 Å². The van der Waals surface area contributed by atoms with Crippen molar-refractivity contribution < 1.29 is 9.59 Å². The number of nitrogens with zero attached hydrogens (tertiary/aromatic N) is 4. The number of para-hydroxylation sites is 2. The fourth-order valence-electron chi connectivity index (χ4n) is 3.12. The van der Waals surface area contributed by atoms with E-state index in [-0.39, 0.29) is 17.6 Å². The number of nitrogens with one attached hydrogen (secondary N) is 2. The summed E-state index contributed by atoms with van der Waals surface area (Å²) in [5, 5.41) is 14.5. The van der Waals surface area contributed by atoms with E-state index >= 15 is 0 Å². The Morgan fingerprint density at radius 3 is 2.52 bits per heavy atom. The zero-order chi connectivity index (χ0) is 21.8. The van der Waals surface area contributed by atoms with Crippen molar-refractivity contribution in [2.24, 2.45) is 0 Å². The molecule has 2 amide bonds. The summed E-state index contributed by atoms with van der Waals surface area (Å²) in [6, 6.07) is 17.9. The van der Waals surface area contributed by atoms with Crippen molar-refractivity contribution in [3.8, 4) is 0 Å². The Morgan fingerprint density at radius 2 is 1.71 bits per heavy atom. The van der Waals surface area contributed by atoms with Crippen molar-refractivity contribution in [2.75, 3.05) is 16.4 Å².